The molecule has 0 unspecified atom stereocenters. The van der Waals surface area contributed by atoms with Gasteiger partial charge in [0.1, 0.15) is 5.82 Å². The molecule has 19 heavy (non-hydrogen) atoms. The summed E-state index contributed by atoms with van der Waals surface area (Å²) in [5.74, 6) is -0.424. The molecule has 1 aromatic rings. The van der Waals surface area contributed by atoms with Crippen molar-refractivity contribution >= 4 is 10.0 Å². The fourth-order valence-corrected chi connectivity index (χ4v) is 3.29. The molecule has 0 aliphatic heterocycles. The predicted molar refractivity (Wildman–Crippen MR) is 75.0 cm³/mol. The molecule has 0 bridgehead atoms. The molecular weight excluding hydrogens is 265 g/mol. The Balaban J connectivity index is 2.93. The predicted octanol–water partition coefficient (Wildman–Crippen LogP) is 3.42. The number of unbranched alkanes of at least 4 members (excludes halogenated alkanes) is 2. The van der Waals surface area contributed by atoms with Crippen LogP contribution in [-0.2, 0) is 10.0 Å². The molecule has 0 radical (unpaired) electrons. The van der Waals surface area contributed by atoms with Gasteiger partial charge in [0, 0.05) is 13.1 Å². The van der Waals surface area contributed by atoms with Gasteiger partial charge in [0.15, 0.2) is 0 Å². The van der Waals surface area contributed by atoms with Gasteiger partial charge in [0.2, 0.25) is 10.0 Å². The zero-order chi connectivity index (χ0) is 14.3. The molecule has 0 aliphatic rings. The fourth-order valence-electron chi connectivity index (χ4n) is 1.78. The van der Waals surface area contributed by atoms with Crippen LogP contribution in [0.1, 0.15) is 39.5 Å². The van der Waals surface area contributed by atoms with Crippen molar-refractivity contribution in [1.82, 2.24) is 4.31 Å². The highest BCUT2D eigenvalue weighted by molar-refractivity contribution is 7.89. The summed E-state index contributed by atoms with van der Waals surface area (Å²) in [6.07, 6.45) is 3.57. The summed E-state index contributed by atoms with van der Waals surface area (Å²) in [4.78, 5) is 0.168. The fraction of sp³-hybridized carbons (Fsp3) is 0.571. The number of halogens is 1. The van der Waals surface area contributed by atoms with Crippen molar-refractivity contribution in [1.29, 1.82) is 0 Å². The first kappa shape index (κ1) is 16.1. The lowest BCUT2D eigenvalue weighted by molar-refractivity contribution is 0.395. The second kappa shape index (κ2) is 7.60. The van der Waals surface area contributed by atoms with E-state index < -0.39 is 15.8 Å². The van der Waals surface area contributed by atoms with Gasteiger partial charge in [-0.1, -0.05) is 26.7 Å². The van der Waals surface area contributed by atoms with Gasteiger partial charge in [-0.3, -0.25) is 0 Å². The number of nitrogens with zero attached hydrogens (tertiary/aromatic N) is 1. The number of hydrogen-bond acceptors (Lipinski definition) is 2. The second-order valence-electron chi connectivity index (χ2n) is 4.57. The maximum Gasteiger partial charge on any atom is 0.243 e. The van der Waals surface area contributed by atoms with E-state index in [-0.39, 0.29) is 4.90 Å². The van der Waals surface area contributed by atoms with Crippen molar-refractivity contribution in [2.45, 2.75) is 44.4 Å². The summed E-state index contributed by atoms with van der Waals surface area (Å²) in [5.41, 5.74) is 0. The van der Waals surface area contributed by atoms with Crippen molar-refractivity contribution in [3.05, 3.63) is 30.1 Å². The zero-order valence-corrected chi connectivity index (χ0v) is 12.4. The normalized spacial score (nSPS) is 12.0. The van der Waals surface area contributed by atoms with Crippen molar-refractivity contribution in [2.75, 3.05) is 13.1 Å². The maximum absolute atomic E-state index is 12.9. The Morgan fingerprint density at radius 3 is 1.89 bits per heavy atom. The summed E-state index contributed by atoms with van der Waals surface area (Å²) in [7, 11) is -3.50. The monoisotopic (exact) mass is 287 g/mol. The Bertz CT molecular complexity index is 463. The van der Waals surface area contributed by atoms with E-state index in [1.807, 2.05) is 13.8 Å². The third kappa shape index (κ3) is 4.58. The zero-order valence-electron chi connectivity index (χ0n) is 11.6. The SMILES string of the molecule is CCCCN(CCCC)S(=O)(=O)c1ccc(F)cc1. The van der Waals surface area contributed by atoms with Crippen LogP contribution in [0.3, 0.4) is 0 Å². The highest BCUT2D eigenvalue weighted by Crippen LogP contribution is 2.17. The van der Waals surface area contributed by atoms with E-state index in [4.69, 9.17) is 0 Å². The highest BCUT2D eigenvalue weighted by Gasteiger charge is 2.23. The van der Waals surface area contributed by atoms with E-state index in [0.717, 1.165) is 25.7 Å². The average Bonchev–Trinajstić information content (AvgIpc) is 2.39. The first-order chi connectivity index (χ1) is 9.02. The van der Waals surface area contributed by atoms with E-state index in [9.17, 15) is 12.8 Å². The van der Waals surface area contributed by atoms with Crippen LogP contribution >= 0.6 is 0 Å². The first-order valence-electron chi connectivity index (χ1n) is 6.78. The van der Waals surface area contributed by atoms with Gasteiger partial charge >= 0.3 is 0 Å². The van der Waals surface area contributed by atoms with Gasteiger partial charge < -0.3 is 0 Å². The Labute approximate surface area is 115 Å². The number of hydrogen-bond donors (Lipinski definition) is 0. The molecule has 0 amide bonds. The molecule has 0 spiro atoms. The smallest absolute Gasteiger partial charge is 0.207 e. The number of rotatable bonds is 8. The lowest BCUT2D eigenvalue weighted by Gasteiger charge is -2.21. The van der Waals surface area contributed by atoms with Crippen molar-refractivity contribution in [3.63, 3.8) is 0 Å². The number of sulfonamides is 1. The summed E-state index contributed by atoms with van der Waals surface area (Å²) < 4.78 is 39.3. The van der Waals surface area contributed by atoms with Crippen LogP contribution in [-0.4, -0.2) is 25.8 Å². The van der Waals surface area contributed by atoms with Gasteiger partial charge in [-0.2, -0.15) is 4.31 Å². The average molecular weight is 287 g/mol. The van der Waals surface area contributed by atoms with E-state index in [2.05, 4.69) is 0 Å². The van der Waals surface area contributed by atoms with Crippen LogP contribution in [0.2, 0.25) is 0 Å². The molecule has 0 heterocycles. The Morgan fingerprint density at radius 1 is 1.00 bits per heavy atom. The second-order valence-corrected chi connectivity index (χ2v) is 6.50. The van der Waals surface area contributed by atoms with Crippen molar-refractivity contribution in [3.8, 4) is 0 Å². The molecule has 0 aromatic heterocycles. The van der Waals surface area contributed by atoms with Crippen LogP contribution in [0.15, 0.2) is 29.2 Å². The van der Waals surface area contributed by atoms with Crippen molar-refractivity contribution in [2.24, 2.45) is 0 Å². The van der Waals surface area contributed by atoms with Gasteiger partial charge in [-0.25, -0.2) is 12.8 Å². The lowest BCUT2D eigenvalue weighted by atomic mass is 10.3. The van der Waals surface area contributed by atoms with E-state index in [0.29, 0.717) is 13.1 Å². The third-order valence-electron chi connectivity index (χ3n) is 2.97. The molecule has 1 aromatic carbocycles. The van der Waals surface area contributed by atoms with Crippen LogP contribution < -0.4 is 0 Å². The minimum atomic E-state index is -3.50. The van der Waals surface area contributed by atoms with Gasteiger partial charge in [-0.05, 0) is 37.1 Å². The first-order valence-corrected chi connectivity index (χ1v) is 8.22. The van der Waals surface area contributed by atoms with Gasteiger partial charge in [-0.15, -0.1) is 0 Å². The molecule has 0 atom stereocenters. The minimum absolute atomic E-state index is 0.168. The van der Waals surface area contributed by atoms with E-state index in [1.165, 1.54) is 28.6 Å². The Morgan fingerprint density at radius 2 is 1.47 bits per heavy atom. The summed E-state index contributed by atoms with van der Waals surface area (Å²) >= 11 is 0. The van der Waals surface area contributed by atoms with E-state index in [1.54, 1.807) is 0 Å². The molecule has 0 saturated carbocycles. The third-order valence-corrected chi connectivity index (χ3v) is 4.89. The molecule has 1 rings (SSSR count). The molecule has 5 heteroatoms. The van der Waals surface area contributed by atoms with Crippen LogP contribution in [0.4, 0.5) is 4.39 Å². The topological polar surface area (TPSA) is 37.4 Å². The molecule has 0 N–H and O–H groups in total. The Hall–Kier alpha value is -0.940. The van der Waals surface area contributed by atoms with Gasteiger partial charge in [0.25, 0.3) is 0 Å². The van der Waals surface area contributed by atoms with E-state index >= 15 is 0 Å². The summed E-state index contributed by atoms with van der Waals surface area (Å²) in [6, 6.07) is 5.03. The summed E-state index contributed by atoms with van der Waals surface area (Å²) in [5, 5.41) is 0. The highest BCUT2D eigenvalue weighted by atomic mass is 32.2. The molecule has 0 saturated heterocycles. The standard InChI is InChI=1S/C14H22FNO2S/c1-3-5-11-16(12-6-4-2)19(17,18)14-9-7-13(15)8-10-14/h7-10H,3-6,11-12H2,1-2H3. The quantitative estimate of drug-likeness (QED) is 0.734. The van der Waals surface area contributed by atoms with Gasteiger partial charge in [0.05, 0.1) is 4.90 Å². The largest absolute Gasteiger partial charge is 0.243 e. The molecule has 0 aliphatic carbocycles. The Kier molecular flexibility index (Phi) is 6.45. The molecule has 3 nitrogen and oxygen atoms in total. The number of benzene rings is 1. The minimum Gasteiger partial charge on any atom is -0.207 e. The van der Waals surface area contributed by atoms with Crippen LogP contribution in [0.25, 0.3) is 0 Å². The summed E-state index contributed by atoms with van der Waals surface area (Å²) in [6.45, 7) is 5.11. The van der Waals surface area contributed by atoms with Crippen LogP contribution in [0.5, 0.6) is 0 Å². The van der Waals surface area contributed by atoms with Crippen LogP contribution in [0, 0.1) is 5.82 Å². The molecule has 108 valence electrons. The van der Waals surface area contributed by atoms with Crippen molar-refractivity contribution < 1.29 is 12.8 Å². The lowest BCUT2D eigenvalue weighted by Crippen LogP contribution is -2.33. The molecule has 0 fully saturated rings. The maximum atomic E-state index is 12.9. The molecular formula is C14H22FNO2S.